The maximum absolute atomic E-state index is 13.3. The van der Waals surface area contributed by atoms with Crippen LogP contribution in [0.25, 0.3) is 10.9 Å². The van der Waals surface area contributed by atoms with Crippen LogP contribution in [0.3, 0.4) is 0 Å². The number of fused-ring (bicyclic) bond motifs is 1. The highest BCUT2D eigenvalue weighted by molar-refractivity contribution is 6.14. The highest BCUT2D eigenvalue weighted by Gasteiger charge is 2.40. The molecule has 4 rings (SSSR count). The van der Waals surface area contributed by atoms with E-state index in [0.29, 0.717) is 12.8 Å². The Hall–Kier alpha value is -3.92. The summed E-state index contributed by atoms with van der Waals surface area (Å²) in [5.74, 6) is -0.382. The van der Waals surface area contributed by atoms with Crippen LogP contribution in [-0.4, -0.2) is 29.3 Å². The topological polar surface area (TPSA) is 54.5 Å². The van der Waals surface area contributed by atoms with Crippen molar-refractivity contribution < 1.29 is 9.53 Å². The van der Waals surface area contributed by atoms with Gasteiger partial charge in [0.05, 0.1) is 12.8 Å². The summed E-state index contributed by atoms with van der Waals surface area (Å²) in [4.78, 5) is 21.7. The number of hydrogen-bond acceptors (Lipinski definition) is 3. The van der Waals surface area contributed by atoms with Crippen molar-refractivity contribution in [2.75, 3.05) is 7.11 Å². The third-order valence-corrected chi connectivity index (χ3v) is 5.63. The van der Waals surface area contributed by atoms with E-state index in [-0.39, 0.29) is 5.97 Å². The molecule has 0 aliphatic rings. The Kier molecular flexibility index (Phi) is 6.31. The summed E-state index contributed by atoms with van der Waals surface area (Å²) in [6.45, 7) is 3.92. The highest BCUT2D eigenvalue weighted by Crippen LogP contribution is 2.30. The number of aromatic amines is 1. The Morgan fingerprint density at radius 1 is 0.969 bits per heavy atom. The summed E-state index contributed by atoms with van der Waals surface area (Å²) in [6, 6.07) is 27.9. The molecule has 4 aromatic rings. The quantitative estimate of drug-likeness (QED) is 0.224. The van der Waals surface area contributed by atoms with Crippen LogP contribution in [0.1, 0.15) is 23.1 Å². The molecule has 0 aliphatic heterocycles. The highest BCUT2D eigenvalue weighted by atomic mass is 16.5. The maximum atomic E-state index is 13.3. The summed E-state index contributed by atoms with van der Waals surface area (Å²) in [5, 5.41) is 1.07. The summed E-state index contributed by atoms with van der Waals surface area (Å²) in [5.41, 5.74) is 3.51. The summed E-state index contributed by atoms with van der Waals surface area (Å²) >= 11 is 0. The van der Waals surface area contributed by atoms with E-state index in [9.17, 15) is 4.79 Å². The van der Waals surface area contributed by atoms with Crippen molar-refractivity contribution in [1.82, 2.24) is 4.98 Å². The molecule has 0 amide bonds. The number of para-hydroxylation sites is 1. The predicted molar refractivity (Wildman–Crippen MR) is 130 cm³/mol. The molecule has 160 valence electrons. The van der Waals surface area contributed by atoms with E-state index in [0.717, 1.165) is 33.3 Å². The molecule has 0 aliphatic carbocycles. The van der Waals surface area contributed by atoms with Crippen LogP contribution in [0, 0.1) is 0 Å². The van der Waals surface area contributed by atoms with Crippen molar-refractivity contribution in [1.29, 1.82) is 0 Å². The fourth-order valence-corrected chi connectivity index (χ4v) is 4.08. The average Bonchev–Trinajstić information content (AvgIpc) is 3.25. The second-order valence-electron chi connectivity index (χ2n) is 7.74. The van der Waals surface area contributed by atoms with E-state index in [4.69, 9.17) is 9.73 Å². The third-order valence-electron chi connectivity index (χ3n) is 5.63. The lowest BCUT2D eigenvalue weighted by Crippen LogP contribution is -2.41. The lowest BCUT2D eigenvalue weighted by atomic mass is 9.86. The number of nitrogens with zero attached hydrogens (tertiary/aromatic N) is 1. The van der Waals surface area contributed by atoms with Gasteiger partial charge < -0.3 is 9.72 Å². The number of ether oxygens (including phenoxy) is 1. The van der Waals surface area contributed by atoms with Gasteiger partial charge in [0.1, 0.15) is 0 Å². The molecular formula is C28H26N2O2. The molecule has 1 atom stereocenters. The molecule has 1 N–H and O–H groups in total. The van der Waals surface area contributed by atoms with E-state index in [1.165, 1.54) is 7.11 Å². The molecule has 4 nitrogen and oxygen atoms in total. The average molecular weight is 423 g/mol. The molecule has 0 spiro atoms. The van der Waals surface area contributed by atoms with Gasteiger partial charge >= 0.3 is 5.97 Å². The third kappa shape index (κ3) is 4.26. The molecule has 3 aromatic carbocycles. The maximum Gasteiger partial charge on any atom is 0.334 e. The van der Waals surface area contributed by atoms with Crippen molar-refractivity contribution in [3.8, 4) is 0 Å². The summed E-state index contributed by atoms with van der Waals surface area (Å²) < 4.78 is 5.30. The van der Waals surface area contributed by atoms with E-state index in [1.54, 1.807) is 6.08 Å². The van der Waals surface area contributed by atoms with Crippen LogP contribution in [0.4, 0.5) is 0 Å². The number of aliphatic imine (C=N–C) groups is 1. The van der Waals surface area contributed by atoms with E-state index in [2.05, 4.69) is 17.6 Å². The first-order chi connectivity index (χ1) is 15.7. The Balaban J connectivity index is 1.92. The number of carbonyl (C=O) groups is 1. The number of rotatable bonds is 8. The molecule has 0 radical (unpaired) electrons. The monoisotopic (exact) mass is 422 g/mol. The van der Waals surface area contributed by atoms with Crippen LogP contribution in [0.2, 0.25) is 0 Å². The second-order valence-corrected chi connectivity index (χ2v) is 7.74. The first kappa shape index (κ1) is 21.3. The van der Waals surface area contributed by atoms with E-state index in [1.807, 2.05) is 85.1 Å². The number of benzene rings is 3. The number of methoxy groups -OCH3 is 1. The lowest BCUT2D eigenvalue weighted by Gasteiger charge is -2.27. The summed E-state index contributed by atoms with van der Waals surface area (Å²) in [6.07, 6.45) is 4.43. The van der Waals surface area contributed by atoms with Gasteiger partial charge in [-0.05, 0) is 11.6 Å². The van der Waals surface area contributed by atoms with Crippen LogP contribution < -0.4 is 0 Å². The smallest absolute Gasteiger partial charge is 0.334 e. The van der Waals surface area contributed by atoms with Gasteiger partial charge in [-0.25, -0.2) is 4.79 Å². The molecular weight excluding hydrogens is 396 g/mol. The first-order valence-electron chi connectivity index (χ1n) is 10.6. The Morgan fingerprint density at radius 3 is 2.16 bits per heavy atom. The number of hydrogen-bond donors (Lipinski definition) is 1. The molecule has 0 unspecified atom stereocenters. The van der Waals surface area contributed by atoms with Gasteiger partial charge in [0, 0.05) is 41.1 Å². The first-order valence-corrected chi connectivity index (χ1v) is 10.6. The van der Waals surface area contributed by atoms with Crippen LogP contribution in [-0.2, 0) is 16.0 Å². The minimum Gasteiger partial charge on any atom is -0.467 e. The summed E-state index contributed by atoms with van der Waals surface area (Å²) in [7, 11) is 1.41. The van der Waals surface area contributed by atoms with Gasteiger partial charge in [0.25, 0.3) is 0 Å². The molecule has 1 heterocycles. The van der Waals surface area contributed by atoms with Crippen molar-refractivity contribution in [2.24, 2.45) is 4.99 Å². The largest absolute Gasteiger partial charge is 0.467 e. The number of esters is 1. The standard InChI is InChI=1S/C28H26N2O2/c1-3-18-28(27(31)32-2,19-23-20-29-25-17-11-10-16-24(23)25)30-26(21-12-6-4-7-13-21)22-14-8-5-9-15-22/h3-17,20,29H,1,18-19H2,2H3/t28-/m0/s1. The van der Waals surface area contributed by atoms with Crippen molar-refractivity contribution in [3.63, 3.8) is 0 Å². The zero-order valence-electron chi connectivity index (χ0n) is 18.1. The number of carbonyl (C=O) groups excluding carboxylic acids is 1. The van der Waals surface area contributed by atoms with E-state index < -0.39 is 5.54 Å². The lowest BCUT2D eigenvalue weighted by molar-refractivity contribution is -0.146. The van der Waals surface area contributed by atoms with Crippen molar-refractivity contribution >= 4 is 22.6 Å². The zero-order chi connectivity index (χ0) is 22.4. The van der Waals surface area contributed by atoms with E-state index >= 15 is 0 Å². The van der Waals surface area contributed by atoms with Gasteiger partial charge in [-0.2, -0.15) is 0 Å². The number of H-pyrrole nitrogens is 1. The fourth-order valence-electron chi connectivity index (χ4n) is 4.08. The molecule has 0 fully saturated rings. The molecule has 0 saturated heterocycles. The fraction of sp³-hybridized carbons (Fsp3) is 0.143. The number of aromatic nitrogens is 1. The molecule has 32 heavy (non-hydrogen) atoms. The number of nitrogens with one attached hydrogen (secondary N) is 1. The van der Waals surface area contributed by atoms with Crippen molar-refractivity contribution in [2.45, 2.75) is 18.4 Å². The van der Waals surface area contributed by atoms with Gasteiger partial charge in [-0.3, -0.25) is 4.99 Å². The van der Waals surface area contributed by atoms with Gasteiger partial charge in [-0.1, -0.05) is 84.9 Å². The van der Waals surface area contributed by atoms with Gasteiger partial charge in [-0.15, -0.1) is 6.58 Å². The Labute approximate surface area is 188 Å². The molecule has 4 heteroatoms. The van der Waals surface area contributed by atoms with Crippen LogP contribution >= 0.6 is 0 Å². The zero-order valence-corrected chi connectivity index (χ0v) is 18.1. The molecule has 0 bridgehead atoms. The van der Waals surface area contributed by atoms with Crippen molar-refractivity contribution in [3.05, 3.63) is 120 Å². The minimum atomic E-state index is -1.15. The SMILES string of the molecule is C=CC[C@@](Cc1c[nH]c2ccccc12)(N=C(c1ccccc1)c1ccccc1)C(=O)OC. The Bertz CT molecular complexity index is 1200. The normalized spacial score (nSPS) is 12.7. The van der Waals surface area contributed by atoms with Gasteiger partial charge in [0.2, 0.25) is 0 Å². The van der Waals surface area contributed by atoms with Crippen LogP contribution in [0.15, 0.2) is 109 Å². The predicted octanol–water partition coefficient (Wildman–Crippen LogP) is 5.74. The van der Waals surface area contributed by atoms with Gasteiger partial charge in [0.15, 0.2) is 5.54 Å². The Morgan fingerprint density at radius 2 is 1.56 bits per heavy atom. The minimum absolute atomic E-state index is 0.350. The second kappa shape index (κ2) is 9.48. The molecule has 1 aromatic heterocycles. The molecule has 0 saturated carbocycles. The van der Waals surface area contributed by atoms with Crippen LogP contribution in [0.5, 0.6) is 0 Å².